The van der Waals surface area contributed by atoms with Gasteiger partial charge < -0.3 is 0 Å². The fourth-order valence-corrected chi connectivity index (χ4v) is 1.26. The van der Waals surface area contributed by atoms with Crippen molar-refractivity contribution in [2.75, 3.05) is 0 Å². The van der Waals surface area contributed by atoms with Crippen molar-refractivity contribution in [2.24, 2.45) is 0 Å². The van der Waals surface area contributed by atoms with Gasteiger partial charge in [0.25, 0.3) is 0 Å². The monoisotopic (exact) mass is 350 g/mol. The fourth-order valence-electron chi connectivity index (χ4n) is 0.785. The zero-order valence-corrected chi connectivity index (χ0v) is 9.65. The highest BCUT2D eigenvalue weighted by Crippen LogP contribution is 2.22. The van der Waals surface area contributed by atoms with Crippen LogP contribution in [-0.2, 0) is 0 Å². The van der Waals surface area contributed by atoms with Crippen LogP contribution in [0.3, 0.4) is 0 Å². The van der Waals surface area contributed by atoms with Crippen molar-refractivity contribution in [3.05, 3.63) is 34.6 Å². The first-order valence-electron chi connectivity index (χ1n) is 3.30. The molecule has 15 heavy (non-hydrogen) atoms. The Labute approximate surface area is 97.8 Å². The van der Waals surface area contributed by atoms with E-state index in [9.17, 15) is 22.0 Å². The maximum absolute atomic E-state index is 12.9. The van der Waals surface area contributed by atoms with Gasteiger partial charge in [0.15, 0.2) is 23.3 Å². The zero-order chi connectivity index (χ0) is 11.6. The molecule has 0 saturated heterocycles. The highest BCUT2D eigenvalue weighted by molar-refractivity contribution is 14.2. The highest BCUT2D eigenvalue weighted by Gasteiger charge is 2.24. The quantitative estimate of drug-likeness (QED) is 0.226. The van der Waals surface area contributed by atoms with Gasteiger partial charge in [-0.1, -0.05) is 0 Å². The predicted molar refractivity (Wildman–Crippen MR) is 54.7 cm³/mol. The first-order valence-corrected chi connectivity index (χ1v) is 6.66. The molecule has 0 heterocycles. The molecule has 0 bridgehead atoms. The molecule has 0 N–H and O–H groups in total. The third-order valence-corrected chi connectivity index (χ3v) is 2.26. The third-order valence-electron chi connectivity index (χ3n) is 1.42. The van der Waals surface area contributed by atoms with E-state index in [1.165, 1.54) is 0 Å². The van der Waals surface area contributed by atoms with Gasteiger partial charge in [0.05, 0.1) is 0 Å². The summed E-state index contributed by atoms with van der Waals surface area (Å²) in [6, 6.07) is 0. The maximum atomic E-state index is 12.9. The van der Waals surface area contributed by atoms with Crippen LogP contribution >= 0.6 is 30.1 Å². The number of halogens is 6. The molecule has 0 unspecified atom stereocenters. The number of benzene rings is 1. The molecule has 1 aromatic carbocycles. The van der Waals surface area contributed by atoms with Crippen molar-refractivity contribution in [1.82, 2.24) is 0 Å². The Kier molecular flexibility index (Phi) is 4.21. The molecule has 1 aromatic rings. The van der Waals surface area contributed by atoms with Crippen molar-refractivity contribution in [1.29, 1.82) is 0 Å². The second kappa shape index (κ2) is 5.03. The van der Waals surface area contributed by atoms with Crippen LogP contribution in [0.25, 0.3) is 0 Å². The van der Waals surface area contributed by atoms with Crippen LogP contribution in [0.15, 0.2) is 0 Å². The standard InChI is InChI=1S/C8F5IS/c9-4-3(1-2-15-14)5(10)7(12)8(13)6(4)11. The summed E-state index contributed by atoms with van der Waals surface area (Å²) in [4.78, 5) is 0. The van der Waals surface area contributed by atoms with E-state index in [0.29, 0.717) is 0 Å². The first-order chi connectivity index (χ1) is 7.00. The summed E-state index contributed by atoms with van der Waals surface area (Å²) in [5.41, 5.74) is -1.12. The molecule has 0 amide bonds. The van der Waals surface area contributed by atoms with Crippen LogP contribution < -0.4 is 0 Å². The summed E-state index contributed by atoms with van der Waals surface area (Å²) in [5, 5.41) is 2.14. The summed E-state index contributed by atoms with van der Waals surface area (Å²) in [7, 11) is 0.867. The van der Waals surface area contributed by atoms with E-state index in [2.05, 4.69) is 5.25 Å². The lowest BCUT2D eigenvalue weighted by Gasteiger charge is -2.01. The van der Waals surface area contributed by atoms with Crippen molar-refractivity contribution >= 4 is 30.1 Å². The van der Waals surface area contributed by atoms with Gasteiger partial charge in [-0.05, 0) is 20.1 Å². The van der Waals surface area contributed by atoms with Gasteiger partial charge in [0.2, 0.25) is 5.82 Å². The number of rotatable bonds is 0. The molecule has 0 fully saturated rings. The largest absolute Gasteiger partial charge is 0.202 e. The minimum Gasteiger partial charge on any atom is -0.202 e. The Bertz CT molecular complexity index is 433. The maximum Gasteiger partial charge on any atom is 0.200 e. The van der Waals surface area contributed by atoms with E-state index in [0.717, 1.165) is 8.93 Å². The van der Waals surface area contributed by atoms with Crippen molar-refractivity contribution < 1.29 is 22.0 Å². The van der Waals surface area contributed by atoms with E-state index in [1.54, 1.807) is 21.2 Å². The Morgan fingerprint density at radius 3 is 1.60 bits per heavy atom. The second-order valence-electron chi connectivity index (χ2n) is 2.25. The summed E-state index contributed by atoms with van der Waals surface area (Å²) < 4.78 is 63.5. The third kappa shape index (κ3) is 2.36. The van der Waals surface area contributed by atoms with Crippen LogP contribution in [0.1, 0.15) is 5.56 Å². The predicted octanol–water partition coefficient (Wildman–Crippen LogP) is 3.77. The van der Waals surface area contributed by atoms with E-state index in [4.69, 9.17) is 0 Å². The van der Waals surface area contributed by atoms with Crippen LogP contribution in [0.5, 0.6) is 0 Å². The number of hydrogen-bond acceptors (Lipinski definition) is 1. The van der Waals surface area contributed by atoms with E-state index in [-0.39, 0.29) is 0 Å². The SMILES string of the molecule is Fc1c(F)c(F)c(C#CSI)c(F)c1F. The molecule has 0 aliphatic rings. The molecule has 0 nitrogen and oxygen atoms in total. The van der Waals surface area contributed by atoms with Gasteiger partial charge in [0.1, 0.15) is 5.56 Å². The van der Waals surface area contributed by atoms with Gasteiger partial charge in [-0.25, -0.2) is 22.0 Å². The lowest BCUT2D eigenvalue weighted by molar-refractivity contribution is 0.376. The van der Waals surface area contributed by atoms with Crippen LogP contribution in [0, 0.1) is 40.3 Å². The Morgan fingerprint density at radius 1 is 0.800 bits per heavy atom. The average Bonchev–Trinajstić information content (AvgIpc) is 2.24. The molecule has 0 aliphatic carbocycles. The normalized spacial score (nSPS) is 9.73. The molecule has 0 aliphatic heterocycles. The van der Waals surface area contributed by atoms with E-state index in [1.807, 2.05) is 5.92 Å². The summed E-state index contributed by atoms with van der Waals surface area (Å²) >= 11 is 1.70. The average molecular weight is 350 g/mol. The fraction of sp³-hybridized carbons (Fsp3) is 0. The van der Waals surface area contributed by atoms with Gasteiger partial charge in [-0.15, -0.1) is 0 Å². The van der Waals surface area contributed by atoms with Crippen molar-refractivity contribution in [2.45, 2.75) is 0 Å². The Hall–Kier alpha value is -0.490. The topological polar surface area (TPSA) is 0 Å². The van der Waals surface area contributed by atoms with Crippen LogP contribution in [0.2, 0.25) is 0 Å². The zero-order valence-electron chi connectivity index (χ0n) is 6.68. The Morgan fingerprint density at radius 2 is 1.20 bits per heavy atom. The molecule has 0 radical (unpaired) electrons. The first kappa shape index (κ1) is 12.6. The summed E-state index contributed by atoms with van der Waals surface area (Å²) in [5.74, 6) is -8.14. The molecule has 0 aromatic heterocycles. The highest BCUT2D eigenvalue weighted by atomic mass is 127. The molecule has 0 atom stereocenters. The van der Waals surface area contributed by atoms with E-state index >= 15 is 0 Å². The Balaban J connectivity index is 3.52. The van der Waals surface area contributed by atoms with Gasteiger partial charge in [0, 0.05) is 21.2 Å². The van der Waals surface area contributed by atoms with Crippen molar-refractivity contribution in [3.63, 3.8) is 0 Å². The van der Waals surface area contributed by atoms with Crippen LogP contribution in [-0.4, -0.2) is 0 Å². The lowest BCUT2D eigenvalue weighted by atomic mass is 10.2. The van der Waals surface area contributed by atoms with Gasteiger partial charge in [-0.3, -0.25) is 0 Å². The molecule has 0 saturated carbocycles. The number of hydrogen-bond donors (Lipinski definition) is 0. The smallest absolute Gasteiger partial charge is 0.200 e. The minimum atomic E-state index is -2.18. The summed E-state index contributed by atoms with van der Waals surface area (Å²) in [6.07, 6.45) is 0. The minimum absolute atomic E-state index is 0.867. The molecule has 80 valence electrons. The molecular formula is C8F5IS. The van der Waals surface area contributed by atoms with Gasteiger partial charge >= 0.3 is 0 Å². The van der Waals surface area contributed by atoms with Crippen LogP contribution in [0.4, 0.5) is 22.0 Å². The van der Waals surface area contributed by atoms with Crippen molar-refractivity contribution in [3.8, 4) is 11.2 Å². The second-order valence-corrected chi connectivity index (χ2v) is 3.93. The van der Waals surface area contributed by atoms with Gasteiger partial charge in [-0.2, -0.15) is 0 Å². The van der Waals surface area contributed by atoms with E-state index < -0.39 is 34.6 Å². The molecule has 0 spiro atoms. The molecular weight excluding hydrogens is 350 g/mol. The summed E-state index contributed by atoms with van der Waals surface area (Å²) in [6.45, 7) is 0. The molecule has 7 heteroatoms. The lowest BCUT2D eigenvalue weighted by Crippen LogP contribution is -2.04. The molecule has 1 rings (SSSR count).